The second kappa shape index (κ2) is 5.29. The second-order valence-electron chi connectivity index (χ2n) is 3.78. The molecule has 1 aromatic carbocycles. The highest BCUT2D eigenvalue weighted by Crippen LogP contribution is 2.12. The topological polar surface area (TPSA) is 98.2 Å². The Hall–Kier alpha value is -2.11. The highest BCUT2D eigenvalue weighted by molar-refractivity contribution is 5.95. The van der Waals surface area contributed by atoms with E-state index in [9.17, 15) is 14.0 Å². The van der Waals surface area contributed by atoms with Crippen LogP contribution in [0.2, 0.25) is 0 Å². The summed E-state index contributed by atoms with van der Waals surface area (Å²) < 4.78 is 12.9. The molecule has 0 bridgehead atoms. The number of carbonyl (C=O) groups is 2. The van der Waals surface area contributed by atoms with Crippen LogP contribution in [-0.4, -0.2) is 17.9 Å². The number of benzene rings is 1. The Bertz CT molecular complexity index is 448. The van der Waals surface area contributed by atoms with Gasteiger partial charge in [0.1, 0.15) is 5.82 Å². The lowest BCUT2D eigenvalue weighted by atomic mass is 10.1. The molecule has 0 spiro atoms. The van der Waals surface area contributed by atoms with Crippen molar-refractivity contribution in [3.63, 3.8) is 0 Å². The summed E-state index contributed by atoms with van der Waals surface area (Å²) in [4.78, 5) is 22.3. The molecular weight excluding hydrogens is 225 g/mol. The molecule has 1 aromatic rings. The molecule has 0 heterocycles. The third kappa shape index (κ3) is 3.75. The predicted molar refractivity (Wildman–Crippen MR) is 61.6 cm³/mol. The zero-order valence-electron chi connectivity index (χ0n) is 9.37. The van der Waals surface area contributed by atoms with Gasteiger partial charge in [-0.1, -0.05) is 0 Å². The van der Waals surface area contributed by atoms with Crippen LogP contribution in [0.1, 0.15) is 23.7 Å². The van der Waals surface area contributed by atoms with E-state index in [1.54, 1.807) is 6.92 Å². The summed E-state index contributed by atoms with van der Waals surface area (Å²) in [5.41, 5.74) is 10.5. The number of hydrogen-bond donors (Lipinski definition) is 3. The molecule has 0 aliphatic carbocycles. The Kier molecular flexibility index (Phi) is 4.03. The summed E-state index contributed by atoms with van der Waals surface area (Å²) in [5.74, 6) is -1.51. The number of carbonyl (C=O) groups excluding carboxylic acids is 2. The van der Waals surface area contributed by atoms with Gasteiger partial charge < -0.3 is 16.8 Å². The number of amides is 2. The summed E-state index contributed by atoms with van der Waals surface area (Å²) in [6.45, 7) is 1.65. The lowest BCUT2D eigenvalue weighted by Gasteiger charge is -2.12. The Labute approximate surface area is 98.0 Å². The van der Waals surface area contributed by atoms with E-state index in [2.05, 4.69) is 5.32 Å². The number of nitrogen functional groups attached to an aromatic ring is 1. The van der Waals surface area contributed by atoms with Gasteiger partial charge in [-0.05, 0) is 25.1 Å². The van der Waals surface area contributed by atoms with Crippen molar-refractivity contribution in [2.24, 2.45) is 5.73 Å². The van der Waals surface area contributed by atoms with Crippen molar-refractivity contribution in [3.8, 4) is 0 Å². The summed E-state index contributed by atoms with van der Waals surface area (Å²) in [6, 6.07) is 3.29. The molecule has 1 unspecified atom stereocenters. The average Bonchev–Trinajstić information content (AvgIpc) is 2.20. The van der Waals surface area contributed by atoms with E-state index in [0.717, 1.165) is 6.07 Å². The van der Waals surface area contributed by atoms with Gasteiger partial charge in [0.25, 0.3) is 5.91 Å². The van der Waals surface area contributed by atoms with Crippen LogP contribution in [0.25, 0.3) is 0 Å². The number of nitrogens with two attached hydrogens (primary N) is 2. The highest BCUT2D eigenvalue weighted by Gasteiger charge is 2.12. The number of anilines is 1. The normalized spacial score (nSPS) is 11.9. The number of halogens is 1. The van der Waals surface area contributed by atoms with Crippen molar-refractivity contribution in [1.82, 2.24) is 5.32 Å². The minimum Gasteiger partial charge on any atom is -0.396 e. The first-order valence-corrected chi connectivity index (χ1v) is 5.04. The van der Waals surface area contributed by atoms with Gasteiger partial charge in [-0.15, -0.1) is 0 Å². The van der Waals surface area contributed by atoms with E-state index in [4.69, 9.17) is 11.5 Å². The molecule has 0 saturated carbocycles. The van der Waals surface area contributed by atoms with Gasteiger partial charge in [-0.25, -0.2) is 4.39 Å². The standard InChI is InChI=1S/C11H14FN3O2/c1-6(4-10(14)16)15-11(17)7-2-3-8(12)9(13)5-7/h2-3,5-6H,4,13H2,1H3,(H2,14,16)(H,15,17). The summed E-state index contributed by atoms with van der Waals surface area (Å²) >= 11 is 0. The number of nitrogens with one attached hydrogen (secondary N) is 1. The molecule has 0 aromatic heterocycles. The van der Waals surface area contributed by atoms with Crippen LogP contribution < -0.4 is 16.8 Å². The van der Waals surface area contributed by atoms with E-state index in [0.29, 0.717) is 0 Å². The lowest BCUT2D eigenvalue weighted by Crippen LogP contribution is -2.35. The maximum atomic E-state index is 12.9. The number of rotatable bonds is 4. The molecule has 5 N–H and O–H groups in total. The minimum absolute atomic E-state index is 0.0441. The van der Waals surface area contributed by atoms with Crippen LogP contribution in [0, 0.1) is 5.82 Å². The zero-order valence-corrected chi connectivity index (χ0v) is 9.37. The van der Waals surface area contributed by atoms with E-state index in [-0.39, 0.29) is 23.7 Å². The molecule has 2 amide bonds. The number of primary amides is 1. The summed E-state index contributed by atoms with van der Waals surface area (Å²) in [5, 5.41) is 2.56. The first-order chi connectivity index (χ1) is 7.90. The van der Waals surface area contributed by atoms with E-state index in [1.165, 1.54) is 12.1 Å². The molecule has 6 heteroatoms. The molecule has 1 atom stereocenters. The van der Waals surface area contributed by atoms with Gasteiger partial charge in [-0.3, -0.25) is 9.59 Å². The summed E-state index contributed by atoms with van der Waals surface area (Å²) in [7, 11) is 0. The lowest BCUT2D eigenvalue weighted by molar-refractivity contribution is -0.118. The van der Waals surface area contributed by atoms with Crippen LogP contribution in [0.4, 0.5) is 10.1 Å². The first-order valence-electron chi connectivity index (χ1n) is 5.04. The molecule has 92 valence electrons. The fourth-order valence-electron chi connectivity index (χ4n) is 1.34. The third-order valence-corrected chi connectivity index (χ3v) is 2.14. The van der Waals surface area contributed by atoms with Gasteiger partial charge in [0.05, 0.1) is 5.69 Å². The van der Waals surface area contributed by atoms with E-state index >= 15 is 0 Å². The van der Waals surface area contributed by atoms with Gasteiger partial charge >= 0.3 is 0 Å². The van der Waals surface area contributed by atoms with Crippen LogP contribution in [0.5, 0.6) is 0 Å². The van der Waals surface area contributed by atoms with Crippen LogP contribution in [-0.2, 0) is 4.79 Å². The van der Waals surface area contributed by atoms with Gasteiger partial charge in [-0.2, -0.15) is 0 Å². The van der Waals surface area contributed by atoms with Gasteiger partial charge in [0, 0.05) is 18.0 Å². The molecule has 5 nitrogen and oxygen atoms in total. The first kappa shape index (κ1) is 13.0. The van der Waals surface area contributed by atoms with Crippen molar-refractivity contribution in [2.45, 2.75) is 19.4 Å². The van der Waals surface area contributed by atoms with Crippen molar-refractivity contribution in [1.29, 1.82) is 0 Å². The molecule has 0 aliphatic heterocycles. The molecule has 0 aliphatic rings. The SMILES string of the molecule is CC(CC(N)=O)NC(=O)c1ccc(F)c(N)c1. The second-order valence-corrected chi connectivity index (χ2v) is 3.78. The van der Waals surface area contributed by atoms with Crippen molar-refractivity contribution in [3.05, 3.63) is 29.6 Å². The zero-order chi connectivity index (χ0) is 13.0. The number of hydrogen-bond acceptors (Lipinski definition) is 3. The largest absolute Gasteiger partial charge is 0.396 e. The summed E-state index contributed by atoms with van der Waals surface area (Å²) in [6.07, 6.45) is 0.0441. The molecule has 17 heavy (non-hydrogen) atoms. The van der Waals surface area contributed by atoms with Crippen molar-refractivity contribution >= 4 is 17.5 Å². The fraction of sp³-hybridized carbons (Fsp3) is 0.273. The Morgan fingerprint density at radius 2 is 2.12 bits per heavy atom. The van der Waals surface area contributed by atoms with Crippen LogP contribution in [0.15, 0.2) is 18.2 Å². The Balaban J connectivity index is 2.70. The molecule has 0 radical (unpaired) electrons. The molecule has 1 rings (SSSR count). The van der Waals surface area contributed by atoms with Crippen LogP contribution in [0.3, 0.4) is 0 Å². The maximum absolute atomic E-state index is 12.9. The minimum atomic E-state index is -0.577. The Morgan fingerprint density at radius 3 is 2.65 bits per heavy atom. The third-order valence-electron chi connectivity index (χ3n) is 2.14. The Morgan fingerprint density at radius 1 is 1.47 bits per heavy atom. The van der Waals surface area contributed by atoms with E-state index < -0.39 is 17.6 Å². The van der Waals surface area contributed by atoms with Crippen molar-refractivity contribution in [2.75, 3.05) is 5.73 Å². The predicted octanol–water partition coefficient (Wildman–Crippen LogP) is 0.402. The van der Waals surface area contributed by atoms with Crippen molar-refractivity contribution < 1.29 is 14.0 Å². The fourth-order valence-corrected chi connectivity index (χ4v) is 1.34. The average molecular weight is 239 g/mol. The highest BCUT2D eigenvalue weighted by atomic mass is 19.1. The molecular formula is C11H14FN3O2. The molecule has 0 saturated heterocycles. The van der Waals surface area contributed by atoms with Gasteiger partial charge in [0.2, 0.25) is 5.91 Å². The van der Waals surface area contributed by atoms with Crippen LogP contribution >= 0.6 is 0 Å². The monoisotopic (exact) mass is 239 g/mol. The quantitative estimate of drug-likeness (QED) is 0.663. The molecule has 0 fully saturated rings. The maximum Gasteiger partial charge on any atom is 0.251 e. The van der Waals surface area contributed by atoms with E-state index in [1.807, 2.05) is 0 Å². The smallest absolute Gasteiger partial charge is 0.251 e. The van der Waals surface area contributed by atoms with Gasteiger partial charge in [0.15, 0.2) is 0 Å².